The molecule has 2 aromatic carbocycles. The molecule has 0 aliphatic carbocycles. The van der Waals surface area contributed by atoms with Gasteiger partial charge in [-0.2, -0.15) is 0 Å². The number of phenols is 2. The van der Waals surface area contributed by atoms with Crippen LogP contribution in [0.3, 0.4) is 0 Å². The van der Waals surface area contributed by atoms with E-state index >= 15 is 0 Å². The summed E-state index contributed by atoms with van der Waals surface area (Å²) in [7, 11) is 2.08. The van der Waals surface area contributed by atoms with Gasteiger partial charge in [0.05, 0.1) is 18.0 Å². The zero-order valence-corrected chi connectivity index (χ0v) is 38.6. The predicted molar refractivity (Wildman–Crippen MR) is 250 cm³/mol. The summed E-state index contributed by atoms with van der Waals surface area (Å²) in [5.41, 5.74) is 2.14. The van der Waals surface area contributed by atoms with Crippen LogP contribution in [0.15, 0.2) is 77.9 Å². The van der Waals surface area contributed by atoms with E-state index in [0.717, 1.165) is 42.3 Å². The molecule has 0 bridgehead atoms. The van der Waals surface area contributed by atoms with E-state index < -0.39 is 0 Å². The molecule has 6 aromatic rings. The Morgan fingerprint density at radius 2 is 1.27 bits per heavy atom. The number of aromatic nitrogens is 6. The molecule has 2 saturated heterocycles. The van der Waals surface area contributed by atoms with Gasteiger partial charge in [-0.15, -0.1) is 20.4 Å². The van der Waals surface area contributed by atoms with E-state index in [1.807, 2.05) is 44.2 Å². The Morgan fingerprint density at radius 1 is 0.714 bits per heavy atom. The molecule has 14 heteroatoms. The number of phenolic OH excluding ortho intramolecular Hbond substituents is 2. The highest BCUT2D eigenvalue weighted by molar-refractivity contribution is 5.93. The summed E-state index contributed by atoms with van der Waals surface area (Å²) >= 11 is 0. The number of pyridine rings is 2. The van der Waals surface area contributed by atoms with Gasteiger partial charge in [0, 0.05) is 95.0 Å². The van der Waals surface area contributed by atoms with E-state index in [-0.39, 0.29) is 45.3 Å². The number of fused-ring (bicyclic) bond motifs is 2. The van der Waals surface area contributed by atoms with E-state index in [1.165, 1.54) is 0 Å². The molecule has 14 nitrogen and oxygen atoms in total. The molecular weight excluding hydrogens is 795 g/mol. The topological polar surface area (TPSA) is 173 Å². The van der Waals surface area contributed by atoms with Gasteiger partial charge in [-0.1, -0.05) is 0 Å². The molecule has 4 N–H and O–H groups in total. The maximum atomic E-state index is 12.7. The average molecular weight is 858 g/mol. The third-order valence-corrected chi connectivity index (χ3v) is 11.9. The third kappa shape index (κ3) is 10.3. The molecule has 4 aromatic heterocycles. The molecular formula is C49H63N9O5. The molecule has 2 fully saturated rings. The van der Waals surface area contributed by atoms with E-state index in [2.05, 4.69) is 103 Å². The molecule has 0 amide bonds. The summed E-state index contributed by atoms with van der Waals surface area (Å²) in [5.74, 6) is 2.04. The number of anilines is 1. The first-order valence-electron chi connectivity index (χ1n) is 21.9. The van der Waals surface area contributed by atoms with Gasteiger partial charge in [0.1, 0.15) is 17.6 Å². The highest BCUT2D eigenvalue weighted by Crippen LogP contribution is 2.38. The smallest absolute Gasteiger partial charge is 0.258 e. The van der Waals surface area contributed by atoms with Crippen LogP contribution in [-0.4, -0.2) is 88.1 Å². The first-order chi connectivity index (χ1) is 29.6. The molecule has 0 unspecified atom stereocenters. The summed E-state index contributed by atoms with van der Waals surface area (Å²) in [6.45, 7) is 22.6. The van der Waals surface area contributed by atoms with Crippen molar-refractivity contribution in [1.82, 2.24) is 40.6 Å². The van der Waals surface area contributed by atoms with Gasteiger partial charge < -0.3 is 39.8 Å². The zero-order chi connectivity index (χ0) is 45.5. The standard InChI is InChI=1S/C25H33N5O2.C24H30N4O3/c1-7-32-23-18-13-19(21(31)12-16(18)10-11-26-23)20-8-9-22(28-27-20)30(6)17-14-24(2,3)29-25(4,5)15-17;1-6-28-10-9-15-11-20(29)18(12-17(15)22(28)30)19-7-8-21(26-25-19)31-16-13-23(2,3)27-24(4,5)14-16/h8-13,17,29,31H,7,14-15H2,1-6H3;7-12,16,27,29H,6,13-14H2,1-5H3. The molecule has 0 spiro atoms. The summed E-state index contributed by atoms with van der Waals surface area (Å²) < 4.78 is 13.4. The second kappa shape index (κ2) is 17.4. The molecule has 0 atom stereocenters. The van der Waals surface area contributed by atoms with E-state index in [9.17, 15) is 15.0 Å². The average Bonchev–Trinajstić information content (AvgIpc) is 3.19. The van der Waals surface area contributed by atoms with Crippen LogP contribution in [0.2, 0.25) is 0 Å². The number of ether oxygens (including phenoxy) is 2. The van der Waals surface area contributed by atoms with Gasteiger partial charge in [-0.05, 0) is 147 Å². The Morgan fingerprint density at radius 3 is 1.81 bits per heavy atom. The van der Waals surface area contributed by atoms with Crippen molar-refractivity contribution in [3.05, 3.63) is 83.4 Å². The van der Waals surface area contributed by atoms with Gasteiger partial charge in [-0.25, -0.2) is 4.98 Å². The Kier molecular flexibility index (Phi) is 12.5. The number of piperidine rings is 2. The van der Waals surface area contributed by atoms with Crippen molar-refractivity contribution in [2.24, 2.45) is 0 Å². The van der Waals surface area contributed by atoms with Crippen LogP contribution in [-0.2, 0) is 6.54 Å². The first kappa shape index (κ1) is 45.2. The molecule has 0 radical (unpaired) electrons. The van der Waals surface area contributed by atoms with Gasteiger partial charge in [0.25, 0.3) is 5.56 Å². The molecule has 2 aliphatic rings. The summed E-state index contributed by atoms with van der Waals surface area (Å²) in [6.07, 6.45) is 7.24. The highest BCUT2D eigenvalue weighted by atomic mass is 16.5. The largest absolute Gasteiger partial charge is 0.507 e. The van der Waals surface area contributed by atoms with Crippen LogP contribution < -0.4 is 30.6 Å². The van der Waals surface area contributed by atoms with Crippen molar-refractivity contribution in [2.75, 3.05) is 18.6 Å². The van der Waals surface area contributed by atoms with Crippen molar-refractivity contribution in [3.8, 4) is 45.8 Å². The SMILES string of the molecule is CCOc1nccc2cc(O)c(-c3ccc(N(C)C4CC(C)(C)NC(C)(C)C4)nn3)cc12.CCn1ccc2cc(O)c(-c3ccc(OC4CC(C)(C)NC(C)(C)C4)nn3)cc2c1=O. The lowest BCUT2D eigenvalue weighted by Crippen LogP contribution is -2.62. The van der Waals surface area contributed by atoms with Gasteiger partial charge >= 0.3 is 0 Å². The maximum Gasteiger partial charge on any atom is 0.258 e. The lowest BCUT2D eigenvalue weighted by molar-refractivity contribution is 0.0524. The Labute approximate surface area is 370 Å². The second-order valence-corrected chi connectivity index (χ2v) is 19.6. The maximum absolute atomic E-state index is 12.7. The van der Waals surface area contributed by atoms with Crippen molar-refractivity contribution in [2.45, 2.75) is 136 Å². The summed E-state index contributed by atoms with van der Waals surface area (Å²) in [6, 6.07) is 18.3. The molecule has 0 saturated carbocycles. The van der Waals surface area contributed by atoms with Crippen molar-refractivity contribution in [1.29, 1.82) is 0 Å². The minimum absolute atomic E-state index is 0.0257. The van der Waals surface area contributed by atoms with Crippen LogP contribution in [0.1, 0.15) is 94.9 Å². The molecule has 6 heterocycles. The van der Waals surface area contributed by atoms with Gasteiger partial charge in [0.15, 0.2) is 5.82 Å². The van der Waals surface area contributed by atoms with Crippen LogP contribution in [0.5, 0.6) is 23.3 Å². The molecule has 2 aliphatic heterocycles. The lowest BCUT2D eigenvalue weighted by atomic mass is 9.79. The Bertz CT molecular complexity index is 2610. The van der Waals surface area contributed by atoms with Crippen molar-refractivity contribution in [3.63, 3.8) is 0 Å². The fourth-order valence-electron chi connectivity index (χ4n) is 9.81. The number of aromatic hydroxyl groups is 2. The number of benzene rings is 2. The van der Waals surface area contributed by atoms with Crippen LogP contribution in [0.25, 0.3) is 44.1 Å². The van der Waals surface area contributed by atoms with E-state index in [4.69, 9.17) is 9.47 Å². The number of hydrogen-bond acceptors (Lipinski definition) is 13. The fourth-order valence-corrected chi connectivity index (χ4v) is 9.81. The minimum atomic E-state index is -0.0923. The number of aryl methyl sites for hydroxylation is 1. The first-order valence-corrected chi connectivity index (χ1v) is 21.9. The molecule has 8 rings (SSSR count). The minimum Gasteiger partial charge on any atom is -0.507 e. The number of hydrogen-bond donors (Lipinski definition) is 4. The Hall–Kier alpha value is -5.86. The summed E-state index contributed by atoms with van der Waals surface area (Å²) in [5, 5.41) is 48.9. The summed E-state index contributed by atoms with van der Waals surface area (Å²) in [4.78, 5) is 19.2. The van der Waals surface area contributed by atoms with Crippen LogP contribution in [0.4, 0.5) is 5.82 Å². The molecule has 334 valence electrons. The van der Waals surface area contributed by atoms with Crippen molar-refractivity contribution < 1.29 is 19.7 Å². The molecule has 63 heavy (non-hydrogen) atoms. The fraction of sp³-hybridized carbons (Fsp3) is 0.469. The van der Waals surface area contributed by atoms with Crippen LogP contribution >= 0.6 is 0 Å². The number of nitrogens with zero attached hydrogens (tertiary/aromatic N) is 7. The number of nitrogens with one attached hydrogen (secondary N) is 2. The van der Waals surface area contributed by atoms with Crippen molar-refractivity contribution >= 4 is 27.4 Å². The zero-order valence-electron chi connectivity index (χ0n) is 38.6. The predicted octanol–water partition coefficient (Wildman–Crippen LogP) is 8.41. The van der Waals surface area contributed by atoms with Crippen LogP contribution in [0, 0.1) is 0 Å². The normalized spacial score (nSPS) is 18.1. The quantitative estimate of drug-likeness (QED) is 0.109. The van der Waals surface area contributed by atoms with Gasteiger partial charge in [-0.3, -0.25) is 4.79 Å². The van der Waals surface area contributed by atoms with E-state index in [0.29, 0.717) is 64.2 Å². The third-order valence-electron chi connectivity index (χ3n) is 11.9. The van der Waals surface area contributed by atoms with E-state index in [1.54, 1.807) is 47.3 Å². The Balaban J connectivity index is 0.000000189. The number of rotatable bonds is 9. The lowest BCUT2D eigenvalue weighted by Gasteiger charge is -2.49. The highest BCUT2D eigenvalue weighted by Gasteiger charge is 2.40. The van der Waals surface area contributed by atoms with Gasteiger partial charge in [0.2, 0.25) is 11.8 Å². The second-order valence-electron chi connectivity index (χ2n) is 19.6. The monoisotopic (exact) mass is 857 g/mol.